The number of fused-ring (bicyclic) bond motifs is 3. The normalized spacial score (nSPS) is 14.8. The summed E-state index contributed by atoms with van der Waals surface area (Å²) in [4.78, 5) is 21.8. The van der Waals surface area contributed by atoms with Crippen LogP contribution in [0, 0.1) is 6.92 Å². The summed E-state index contributed by atoms with van der Waals surface area (Å²) in [5.41, 5.74) is 3.61. The smallest absolute Gasteiger partial charge is 0.253 e. The van der Waals surface area contributed by atoms with Crippen molar-refractivity contribution in [3.05, 3.63) is 71.9 Å². The lowest BCUT2D eigenvalue weighted by atomic mass is 10.1. The lowest BCUT2D eigenvalue weighted by molar-refractivity contribution is 0.0746. The number of carbonyl (C=O) groups excluding carboxylic acids is 1. The molecule has 0 aliphatic carbocycles. The van der Waals surface area contributed by atoms with E-state index in [1.807, 2.05) is 64.9 Å². The zero-order chi connectivity index (χ0) is 19.1. The molecule has 5 rings (SSSR count). The van der Waals surface area contributed by atoms with Crippen LogP contribution in [0.1, 0.15) is 16.1 Å². The molecule has 1 amide bonds. The molecule has 6 nitrogen and oxygen atoms in total. The highest BCUT2D eigenvalue weighted by Gasteiger charge is 2.24. The number of carbonyl (C=O) groups is 1. The Bertz CT molecular complexity index is 1160. The monoisotopic (exact) mass is 371 g/mol. The number of hydrogen-bond donors (Lipinski definition) is 0. The molecule has 0 atom stereocenters. The van der Waals surface area contributed by atoms with Gasteiger partial charge in [0.15, 0.2) is 5.65 Å². The second-order valence-corrected chi connectivity index (χ2v) is 7.15. The maximum atomic E-state index is 12.7. The topological polar surface area (TPSA) is 53.7 Å². The molecule has 6 heteroatoms. The van der Waals surface area contributed by atoms with Gasteiger partial charge in [-0.25, -0.2) is 9.50 Å². The summed E-state index contributed by atoms with van der Waals surface area (Å²) >= 11 is 0. The van der Waals surface area contributed by atoms with Gasteiger partial charge in [0.25, 0.3) is 5.91 Å². The second kappa shape index (κ2) is 6.64. The number of para-hydroxylation sites is 1. The molecule has 0 bridgehead atoms. The number of rotatable bonds is 2. The van der Waals surface area contributed by atoms with Gasteiger partial charge in [0.05, 0.1) is 11.2 Å². The molecular formula is C22H21N5O. The van der Waals surface area contributed by atoms with Crippen molar-refractivity contribution in [2.45, 2.75) is 6.92 Å². The third kappa shape index (κ3) is 2.78. The highest BCUT2D eigenvalue weighted by Crippen LogP contribution is 2.27. The molecule has 0 unspecified atom stereocenters. The van der Waals surface area contributed by atoms with Gasteiger partial charge in [0.1, 0.15) is 5.82 Å². The fraction of sp³-hybridized carbons (Fsp3) is 0.227. The molecular weight excluding hydrogens is 350 g/mol. The van der Waals surface area contributed by atoms with Crippen molar-refractivity contribution >= 4 is 28.3 Å². The standard InChI is InChI=1S/C22H21N5O/c1-16-15-20-23-21(18-9-5-6-10-19(18)27(20)24-16)25-11-13-26(14-12-25)22(28)17-7-3-2-4-8-17/h2-10,15H,11-14H2,1H3. The quantitative estimate of drug-likeness (QED) is 0.543. The predicted molar refractivity (Wildman–Crippen MR) is 110 cm³/mol. The van der Waals surface area contributed by atoms with Crippen LogP contribution in [0.2, 0.25) is 0 Å². The molecule has 28 heavy (non-hydrogen) atoms. The van der Waals surface area contributed by atoms with E-state index in [-0.39, 0.29) is 5.91 Å². The van der Waals surface area contributed by atoms with Crippen LogP contribution in [0.5, 0.6) is 0 Å². The molecule has 1 fully saturated rings. The van der Waals surface area contributed by atoms with Crippen molar-refractivity contribution in [1.82, 2.24) is 19.5 Å². The van der Waals surface area contributed by atoms with Gasteiger partial charge in [0, 0.05) is 43.2 Å². The van der Waals surface area contributed by atoms with Gasteiger partial charge in [-0.05, 0) is 31.2 Å². The van der Waals surface area contributed by atoms with Crippen molar-refractivity contribution in [2.75, 3.05) is 31.1 Å². The van der Waals surface area contributed by atoms with Crippen LogP contribution in [0.3, 0.4) is 0 Å². The zero-order valence-electron chi connectivity index (χ0n) is 15.7. The number of benzene rings is 2. The van der Waals surface area contributed by atoms with Gasteiger partial charge in [-0.1, -0.05) is 30.3 Å². The van der Waals surface area contributed by atoms with Crippen LogP contribution < -0.4 is 4.90 Å². The highest BCUT2D eigenvalue weighted by molar-refractivity contribution is 5.95. The molecule has 1 aliphatic rings. The molecule has 1 aliphatic heterocycles. The Labute approximate surface area is 163 Å². The fourth-order valence-corrected chi connectivity index (χ4v) is 3.88. The first kappa shape index (κ1) is 16.7. The fourth-order valence-electron chi connectivity index (χ4n) is 3.88. The van der Waals surface area contributed by atoms with E-state index in [4.69, 9.17) is 4.98 Å². The van der Waals surface area contributed by atoms with E-state index >= 15 is 0 Å². The van der Waals surface area contributed by atoms with E-state index in [1.165, 1.54) is 0 Å². The van der Waals surface area contributed by atoms with Crippen molar-refractivity contribution in [2.24, 2.45) is 0 Å². The van der Waals surface area contributed by atoms with Crippen LogP contribution >= 0.6 is 0 Å². The molecule has 1 saturated heterocycles. The second-order valence-electron chi connectivity index (χ2n) is 7.15. The highest BCUT2D eigenvalue weighted by atomic mass is 16.2. The molecule has 0 spiro atoms. The zero-order valence-corrected chi connectivity index (χ0v) is 15.7. The molecule has 3 heterocycles. The minimum Gasteiger partial charge on any atom is -0.352 e. The Morgan fingerprint density at radius 1 is 0.929 bits per heavy atom. The number of hydrogen-bond acceptors (Lipinski definition) is 4. The molecule has 4 aromatic rings. The van der Waals surface area contributed by atoms with Gasteiger partial charge >= 0.3 is 0 Å². The van der Waals surface area contributed by atoms with Crippen molar-refractivity contribution in [3.8, 4) is 0 Å². The molecule has 0 N–H and O–H groups in total. The summed E-state index contributed by atoms with van der Waals surface area (Å²) in [7, 11) is 0. The lowest BCUT2D eigenvalue weighted by Crippen LogP contribution is -2.49. The number of aromatic nitrogens is 3. The summed E-state index contributed by atoms with van der Waals surface area (Å²) in [5, 5.41) is 5.66. The number of amides is 1. The average molecular weight is 371 g/mol. The van der Waals surface area contributed by atoms with Crippen molar-refractivity contribution in [3.63, 3.8) is 0 Å². The average Bonchev–Trinajstić information content (AvgIpc) is 3.14. The first-order chi connectivity index (χ1) is 13.7. The van der Waals surface area contributed by atoms with Gasteiger partial charge in [0.2, 0.25) is 0 Å². The van der Waals surface area contributed by atoms with Crippen LogP contribution in [-0.2, 0) is 0 Å². The SMILES string of the molecule is Cc1cc2nc(N3CCN(C(=O)c4ccccc4)CC3)c3ccccc3n2n1. The Hall–Kier alpha value is -3.41. The predicted octanol–water partition coefficient (Wildman–Crippen LogP) is 3.15. The number of aryl methyl sites for hydroxylation is 1. The third-order valence-corrected chi connectivity index (χ3v) is 5.29. The first-order valence-corrected chi connectivity index (χ1v) is 9.55. The largest absolute Gasteiger partial charge is 0.352 e. The molecule has 2 aromatic carbocycles. The maximum absolute atomic E-state index is 12.7. The van der Waals surface area contributed by atoms with Gasteiger partial charge in [-0.2, -0.15) is 5.10 Å². The Balaban J connectivity index is 1.45. The van der Waals surface area contributed by atoms with E-state index in [2.05, 4.69) is 22.1 Å². The van der Waals surface area contributed by atoms with Crippen LogP contribution in [-0.4, -0.2) is 51.6 Å². The first-order valence-electron chi connectivity index (χ1n) is 9.55. The summed E-state index contributed by atoms with van der Waals surface area (Å²) in [6.45, 7) is 4.88. The summed E-state index contributed by atoms with van der Waals surface area (Å²) in [5.74, 6) is 1.06. The third-order valence-electron chi connectivity index (χ3n) is 5.29. The van der Waals surface area contributed by atoms with E-state index < -0.39 is 0 Å². The molecule has 2 aromatic heterocycles. The molecule has 0 radical (unpaired) electrons. The van der Waals surface area contributed by atoms with E-state index in [0.717, 1.165) is 46.7 Å². The van der Waals surface area contributed by atoms with E-state index in [1.54, 1.807) is 0 Å². The number of anilines is 1. The molecule has 0 saturated carbocycles. The Morgan fingerprint density at radius 3 is 2.43 bits per heavy atom. The minimum atomic E-state index is 0.0972. The summed E-state index contributed by atoms with van der Waals surface area (Å²) in [6, 6.07) is 19.7. The lowest BCUT2D eigenvalue weighted by Gasteiger charge is -2.36. The number of nitrogens with zero attached hydrogens (tertiary/aromatic N) is 5. The van der Waals surface area contributed by atoms with Crippen molar-refractivity contribution < 1.29 is 4.79 Å². The number of piperazine rings is 1. The van der Waals surface area contributed by atoms with Gasteiger partial charge < -0.3 is 9.80 Å². The molecule has 140 valence electrons. The van der Waals surface area contributed by atoms with Gasteiger partial charge in [-0.3, -0.25) is 4.79 Å². The van der Waals surface area contributed by atoms with Crippen LogP contribution in [0.15, 0.2) is 60.7 Å². The van der Waals surface area contributed by atoms with Crippen LogP contribution in [0.4, 0.5) is 5.82 Å². The van der Waals surface area contributed by atoms with E-state index in [9.17, 15) is 4.79 Å². The van der Waals surface area contributed by atoms with Crippen LogP contribution in [0.25, 0.3) is 16.6 Å². The van der Waals surface area contributed by atoms with Crippen molar-refractivity contribution in [1.29, 1.82) is 0 Å². The van der Waals surface area contributed by atoms with E-state index in [0.29, 0.717) is 13.1 Å². The Morgan fingerprint density at radius 2 is 1.64 bits per heavy atom. The summed E-state index contributed by atoms with van der Waals surface area (Å²) in [6.07, 6.45) is 0. The summed E-state index contributed by atoms with van der Waals surface area (Å²) < 4.78 is 1.91. The van der Waals surface area contributed by atoms with Gasteiger partial charge in [-0.15, -0.1) is 0 Å². The Kier molecular flexibility index (Phi) is 3.97. The minimum absolute atomic E-state index is 0.0972. The maximum Gasteiger partial charge on any atom is 0.253 e.